The van der Waals surface area contributed by atoms with Crippen LogP contribution >= 0.6 is 0 Å². The van der Waals surface area contributed by atoms with Crippen LogP contribution in [0.1, 0.15) is 38.2 Å². The summed E-state index contributed by atoms with van der Waals surface area (Å²) in [6.45, 7) is 2.23. The third-order valence-electron chi connectivity index (χ3n) is 4.56. The molecule has 5 nitrogen and oxygen atoms in total. The van der Waals surface area contributed by atoms with E-state index in [-0.39, 0.29) is 17.7 Å². The number of hydrogen-bond donors (Lipinski definition) is 1. The van der Waals surface area contributed by atoms with Crippen molar-refractivity contribution in [1.82, 2.24) is 5.32 Å². The van der Waals surface area contributed by atoms with Crippen LogP contribution in [0.3, 0.4) is 0 Å². The molecule has 0 radical (unpaired) electrons. The second-order valence-electron chi connectivity index (χ2n) is 6.16. The number of rotatable bonds is 3. The fourth-order valence-corrected chi connectivity index (χ4v) is 3.19. The molecule has 1 aromatic rings. The number of ether oxygens (including phenoxy) is 1. The Balaban J connectivity index is 1.68. The van der Waals surface area contributed by atoms with Crippen LogP contribution in [-0.2, 0) is 16.1 Å². The topological polar surface area (TPSA) is 58.6 Å². The molecule has 1 atom stereocenters. The average Bonchev–Trinajstić information content (AvgIpc) is 3.05. The fraction of sp³-hybridized carbons (Fsp3) is 0.529. The van der Waals surface area contributed by atoms with Gasteiger partial charge in [0, 0.05) is 19.5 Å². The second-order valence-corrected chi connectivity index (χ2v) is 6.16. The van der Waals surface area contributed by atoms with Crippen molar-refractivity contribution in [2.75, 3.05) is 11.9 Å². The summed E-state index contributed by atoms with van der Waals surface area (Å²) in [5.41, 5.74) is 1.73. The Morgan fingerprint density at radius 2 is 2.09 bits per heavy atom. The van der Waals surface area contributed by atoms with E-state index < -0.39 is 6.10 Å². The molecule has 118 valence electrons. The number of carbonyl (C=O) groups is 2. The number of benzene rings is 1. The first-order valence-electron chi connectivity index (χ1n) is 7.91. The lowest BCUT2D eigenvalue weighted by molar-refractivity contribution is -0.125. The van der Waals surface area contributed by atoms with Crippen LogP contribution in [0.15, 0.2) is 18.2 Å². The molecule has 0 aromatic heterocycles. The van der Waals surface area contributed by atoms with Crippen molar-refractivity contribution in [3.63, 3.8) is 0 Å². The lowest BCUT2D eigenvalue weighted by Gasteiger charge is -2.30. The van der Waals surface area contributed by atoms with Crippen LogP contribution in [0.25, 0.3) is 0 Å². The number of hydrogen-bond acceptors (Lipinski definition) is 3. The van der Waals surface area contributed by atoms with E-state index in [2.05, 4.69) is 5.32 Å². The first-order chi connectivity index (χ1) is 10.6. The summed E-state index contributed by atoms with van der Waals surface area (Å²) in [7, 11) is 1.75. The minimum atomic E-state index is -0.453. The Morgan fingerprint density at radius 1 is 1.36 bits per heavy atom. The highest BCUT2D eigenvalue weighted by atomic mass is 16.5. The maximum absolute atomic E-state index is 12.1. The van der Waals surface area contributed by atoms with Gasteiger partial charge in [0.2, 0.25) is 5.91 Å². The molecule has 0 bridgehead atoms. The lowest BCUT2D eigenvalue weighted by atomic mass is 10.1. The highest BCUT2D eigenvalue weighted by Crippen LogP contribution is 2.34. The minimum Gasteiger partial charge on any atom is -0.479 e. The number of anilines is 1. The van der Waals surface area contributed by atoms with Crippen LogP contribution in [0.2, 0.25) is 0 Å². The maximum atomic E-state index is 12.1. The highest BCUT2D eigenvalue weighted by Gasteiger charge is 2.29. The van der Waals surface area contributed by atoms with E-state index in [1.165, 1.54) is 0 Å². The van der Waals surface area contributed by atoms with Crippen molar-refractivity contribution in [3.05, 3.63) is 23.8 Å². The van der Waals surface area contributed by atoms with Crippen LogP contribution in [-0.4, -0.2) is 25.0 Å². The molecule has 0 spiro atoms. The molecule has 2 aliphatic rings. The van der Waals surface area contributed by atoms with Crippen molar-refractivity contribution in [2.24, 2.45) is 5.92 Å². The van der Waals surface area contributed by atoms with Crippen molar-refractivity contribution < 1.29 is 14.3 Å². The van der Waals surface area contributed by atoms with E-state index in [0.29, 0.717) is 12.3 Å². The number of amides is 2. The van der Waals surface area contributed by atoms with E-state index in [1.807, 2.05) is 18.2 Å². The van der Waals surface area contributed by atoms with Gasteiger partial charge in [0.05, 0.1) is 5.69 Å². The first kappa shape index (κ1) is 14.9. The smallest absolute Gasteiger partial charge is 0.267 e. The summed E-state index contributed by atoms with van der Waals surface area (Å²) in [6.07, 6.45) is 3.85. The molecular formula is C17H22N2O3. The fourth-order valence-electron chi connectivity index (χ4n) is 3.19. The zero-order valence-electron chi connectivity index (χ0n) is 13.1. The average molecular weight is 302 g/mol. The number of likely N-dealkylation sites (N-methyl/N-ethyl adjacent to an activating group) is 1. The van der Waals surface area contributed by atoms with E-state index in [9.17, 15) is 9.59 Å². The van der Waals surface area contributed by atoms with Gasteiger partial charge in [-0.3, -0.25) is 9.59 Å². The van der Waals surface area contributed by atoms with Crippen molar-refractivity contribution in [3.8, 4) is 5.75 Å². The first-order valence-corrected chi connectivity index (χ1v) is 7.91. The van der Waals surface area contributed by atoms with E-state index in [4.69, 9.17) is 4.74 Å². The third kappa shape index (κ3) is 2.80. The Bertz CT molecular complexity index is 594. The van der Waals surface area contributed by atoms with Gasteiger partial charge in [-0.1, -0.05) is 18.9 Å². The summed E-state index contributed by atoms with van der Waals surface area (Å²) < 4.78 is 5.60. The molecule has 0 saturated heterocycles. The predicted octanol–water partition coefficient (Wildman–Crippen LogP) is 2.24. The Hall–Kier alpha value is -2.04. The Kier molecular flexibility index (Phi) is 4.05. The van der Waals surface area contributed by atoms with Gasteiger partial charge in [0.1, 0.15) is 5.75 Å². The Labute approximate surface area is 130 Å². The minimum absolute atomic E-state index is 0.0559. The predicted molar refractivity (Wildman–Crippen MR) is 83.7 cm³/mol. The molecule has 1 N–H and O–H groups in total. The molecule has 3 rings (SSSR count). The molecular weight excluding hydrogens is 280 g/mol. The van der Waals surface area contributed by atoms with Gasteiger partial charge in [-0.2, -0.15) is 0 Å². The molecule has 1 heterocycles. The molecule has 22 heavy (non-hydrogen) atoms. The molecule has 1 aliphatic heterocycles. The number of fused-ring (bicyclic) bond motifs is 1. The summed E-state index contributed by atoms with van der Waals surface area (Å²) in [5, 5.41) is 3.00. The molecule has 2 amide bonds. The molecule has 1 aromatic carbocycles. The molecule has 1 fully saturated rings. The van der Waals surface area contributed by atoms with Gasteiger partial charge in [0.15, 0.2) is 6.10 Å². The van der Waals surface area contributed by atoms with Crippen LogP contribution in [0.4, 0.5) is 5.69 Å². The summed E-state index contributed by atoms with van der Waals surface area (Å²) in [6, 6.07) is 5.71. The van der Waals surface area contributed by atoms with Crippen molar-refractivity contribution >= 4 is 17.5 Å². The maximum Gasteiger partial charge on any atom is 0.267 e. The number of nitrogens with one attached hydrogen (secondary N) is 1. The Morgan fingerprint density at radius 3 is 2.82 bits per heavy atom. The van der Waals surface area contributed by atoms with E-state index in [1.54, 1.807) is 18.9 Å². The summed E-state index contributed by atoms with van der Waals surface area (Å²) in [5.74, 6) is 0.968. The van der Waals surface area contributed by atoms with Crippen molar-refractivity contribution in [2.45, 2.75) is 45.3 Å². The van der Waals surface area contributed by atoms with Gasteiger partial charge in [-0.25, -0.2) is 0 Å². The lowest BCUT2D eigenvalue weighted by Crippen LogP contribution is -2.42. The zero-order valence-corrected chi connectivity index (χ0v) is 13.1. The van der Waals surface area contributed by atoms with Crippen LogP contribution < -0.4 is 15.0 Å². The zero-order chi connectivity index (χ0) is 15.7. The third-order valence-corrected chi connectivity index (χ3v) is 4.56. The largest absolute Gasteiger partial charge is 0.479 e. The van der Waals surface area contributed by atoms with Gasteiger partial charge in [-0.15, -0.1) is 0 Å². The summed E-state index contributed by atoms with van der Waals surface area (Å²) >= 11 is 0. The quantitative estimate of drug-likeness (QED) is 0.931. The number of carbonyl (C=O) groups excluding carboxylic acids is 2. The van der Waals surface area contributed by atoms with Crippen LogP contribution in [0, 0.1) is 5.92 Å². The van der Waals surface area contributed by atoms with Gasteiger partial charge in [-0.05, 0) is 37.5 Å². The molecule has 5 heteroatoms. The SMILES string of the molecule is CC1Oc2ccc(CNC(=O)C3CCCC3)cc2N(C)C1=O. The molecule has 1 unspecified atom stereocenters. The normalized spacial score (nSPS) is 21.5. The summed E-state index contributed by atoms with van der Waals surface area (Å²) in [4.78, 5) is 25.7. The van der Waals surface area contributed by atoms with Gasteiger partial charge >= 0.3 is 0 Å². The van der Waals surface area contributed by atoms with E-state index >= 15 is 0 Å². The second kappa shape index (κ2) is 5.99. The van der Waals surface area contributed by atoms with Gasteiger partial charge in [0.25, 0.3) is 5.91 Å². The van der Waals surface area contributed by atoms with Gasteiger partial charge < -0.3 is 15.0 Å². The molecule has 1 saturated carbocycles. The molecule has 1 aliphatic carbocycles. The van der Waals surface area contributed by atoms with Crippen LogP contribution in [0.5, 0.6) is 5.75 Å². The standard InChI is InChI=1S/C17H22N2O3/c1-11-17(21)19(2)14-9-12(7-8-15(14)22-11)10-18-16(20)13-5-3-4-6-13/h7-9,11,13H,3-6,10H2,1-2H3,(H,18,20). The van der Waals surface area contributed by atoms with Crippen molar-refractivity contribution in [1.29, 1.82) is 0 Å². The number of nitrogens with zero attached hydrogens (tertiary/aromatic N) is 1. The highest BCUT2D eigenvalue weighted by molar-refractivity contribution is 5.99. The monoisotopic (exact) mass is 302 g/mol. The van der Waals surface area contributed by atoms with E-state index in [0.717, 1.165) is 36.9 Å².